The molecule has 0 heterocycles. The Morgan fingerprint density at radius 3 is 2.67 bits per heavy atom. The highest BCUT2D eigenvalue weighted by atomic mass is 16.6. The molecule has 0 aromatic heterocycles. The van der Waals surface area contributed by atoms with E-state index >= 15 is 0 Å². The third-order valence-corrected chi connectivity index (χ3v) is 2.98. The Morgan fingerprint density at radius 2 is 2.06 bits per heavy atom. The Bertz CT molecular complexity index is 407. The molecule has 0 unspecified atom stereocenters. The van der Waals surface area contributed by atoms with Crippen molar-refractivity contribution in [1.82, 2.24) is 0 Å². The van der Waals surface area contributed by atoms with E-state index in [2.05, 4.69) is 0 Å². The maximum atomic E-state index is 10.9. The van der Waals surface area contributed by atoms with Gasteiger partial charge in [-0.1, -0.05) is 6.07 Å². The first-order chi connectivity index (χ1) is 8.56. The Balaban J connectivity index is 2.65. The largest absolute Gasteiger partial charge is 0.396 e. The van der Waals surface area contributed by atoms with E-state index in [4.69, 9.17) is 5.11 Å². The normalized spacial score (nSPS) is 10.4. The Hall–Kier alpha value is -1.62. The second kappa shape index (κ2) is 6.96. The topological polar surface area (TPSA) is 66.6 Å². The number of rotatable bonds is 7. The van der Waals surface area contributed by atoms with Crippen LogP contribution in [0, 0.1) is 17.0 Å². The molecule has 0 spiro atoms. The van der Waals surface area contributed by atoms with Gasteiger partial charge in [0.15, 0.2) is 0 Å². The zero-order valence-corrected chi connectivity index (χ0v) is 10.9. The molecule has 1 aromatic carbocycles. The third-order valence-electron chi connectivity index (χ3n) is 2.98. The fourth-order valence-corrected chi connectivity index (χ4v) is 1.80. The van der Waals surface area contributed by atoms with Crippen molar-refractivity contribution < 1.29 is 10.0 Å². The van der Waals surface area contributed by atoms with Gasteiger partial charge in [-0.05, 0) is 32.3 Å². The summed E-state index contributed by atoms with van der Waals surface area (Å²) in [6, 6.07) is 5.29. The Kier molecular flexibility index (Phi) is 5.58. The van der Waals surface area contributed by atoms with Crippen LogP contribution in [0.5, 0.6) is 0 Å². The number of hydrogen-bond acceptors (Lipinski definition) is 4. The lowest BCUT2D eigenvalue weighted by Gasteiger charge is -2.19. The standard InChI is InChI=1S/C13H20N2O3/c1-11-6-7-12(10-13(11)15(17)18)14(2)8-4-3-5-9-16/h6-7,10,16H,3-5,8-9H2,1-2H3. The number of benzene rings is 1. The molecule has 0 saturated heterocycles. The molecule has 0 radical (unpaired) electrons. The number of aliphatic hydroxyl groups is 1. The minimum absolute atomic E-state index is 0.162. The molecule has 0 aliphatic heterocycles. The fourth-order valence-electron chi connectivity index (χ4n) is 1.80. The van der Waals surface area contributed by atoms with Crippen molar-refractivity contribution in [3.8, 4) is 0 Å². The molecule has 0 saturated carbocycles. The third kappa shape index (κ3) is 4.00. The first-order valence-corrected chi connectivity index (χ1v) is 6.13. The number of nitro benzene ring substituents is 1. The lowest BCUT2D eigenvalue weighted by Crippen LogP contribution is -2.18. The van der Waals surface area contributed by atoms with E-state index in [1.54, 1.807) is 19.1 Å². The van der Waals surface area contributed by atoms with Gasteiger partial charge in [-0.15, -0.1) is 0 Å². The molecular weight excluding hydrogens is 232 g/mol. The van der Waals surface area contributed by atoms with Gasteiger partial charge in [0.25, 0.3) is 5.69 Å². The number of aliphatic hydroxyl groups excluding tert-OH is 1. The van der Waals surface area contributed by atoms with E-state index < -0.39 is 0 Å². The number of nitrogens with zero attached hydrogens (tertiary/aromatic N) is 2. The molecule has 1 aromatic rings. The van der Waals surface area contributed by atoms with E-state index in [0.29, 0.717) is 5.56 Å². The van der Waals surface area contributed by atoms with Crippen molar-refractivity contribution in [2.24, 2.45) is 0 Å². The van der Waals surface area contributed by atoms with E-state index in [0.717, 1.165) is 31.5 Å². The van der Waals surface area contributed by atoms with Gasteiger partial charge in [-0.3, -0.25) is 10.1 Å². The van der Waals surface area contributed by atoms with Gasteiger partial charge >= 0.3 is 0 Å². The highest BCUT2D eigenvalue weighted by Crippen LogP contribution is 2.24. The maximum Gasteiger partial charge on any atom is 0.274 e. The molecule has 18 heavy (non-hydrogen) atoms. The molecule has 1 rings (SSSR count). The van der Waals surface area contributed by atoms with Crippen molar-refractivity contribution in [3.05, 3.63) is 33.9 Å². The number of aryl methyl sites for hydroxylation is 1. The predicted octanol–water partition coefficient (Wildman–Crippen LogP) is 2.50. The van der Waals surface area contributed by atoms with E-state index in [-0.39, 0.29) is 17.2 Å². The van der Waals surface area contributed by atoms with Crippen molar-refractivity contribution >= 4 is 11.4 Å². The average Bonchev–Trinajstić information content (AvgIpc) is 2.34. The average molecular weight is 252 g/mol. The second-order valence-electron chi connectivity index (χ2n) is 4.43. The minimum Gasteiger partial charge on any atom is -0.396 e. The van der Waals surface area contributed by atoms with Gasteiger partial charge in [-0.2, -0.15) is 0 Å². The van der Waals surface area contributed by atoms with Crippen LogP contribution in [0.4, 0.5) is 11.4 Å². The van der Waals surface area contributed by atoms with E-state index in [1.165, 1.54) is 0 Å². The molecule has 100 valence electrons. The van der Waals surface area contributed by atoms with Crippen LogP contribution in [0.2, 0.25) is 0 Å². The van der Waals surface area contributed by atoms with Crippen molar-refractivity contribution in [3.63, 3.8) is 0 Å². The van der Waals surface area contributed by atoms with Crippen LogP contribution in [0.25, 0.3) is 0 Å². The molecule has 5 heteroatoms. The SMILES string of the molecule is Cc1ccc(N(C)CCCCCO)cc1[N+](=O)[O-]. The molecule has 5 nitrogen and oxygen atoms in total. The summed E-state index contributed by atoms with van der Waals surface area (Å²) >= 11 is 0. The van der Waals surface area contributed by atoms with Crippen LogP contribution in [-0.2, 0) is 0 Å². The number of nitro groups is 1. The molecule has 0 bridgehead atoms. The molecule has 0 fully saturated rings. The summed E-state index contributed by atoms with van der Waals surface area (Å²) in [4.78, 5) is 12.5. The minimum atomic E-state index is -0.349. The van der Waals surface area contributed by atoms with Gasteiger partial charge in [-0.25, -0.2) is 0 Å². The zero-order valence-electron chi connectivity index (χ0n) is 10.9. The quantitative estimate of drug-likeness (QED) is 0.460. The van der Waals surface area contributed by atoms with Crippen LogP contribution in [0.15, 0.2) is 18.2 Å². The summed E-state index contributed by atoms with van der Waals surface area (Å²) in [6.07, 6.45) is 2.75. The highest BCUT2D eigenvalue weighted by Gasteiger charge is 2.12. The number of anilines is 1. The van der Waals surface area contributed by atoms with Gasteiger partial charge < -0.3 is 10.0 Å². The van der Waals surface area contributed by atoms with Crippen LogP contribution in [0.1, 0.15) is 24.8 Å². The molecule has 0 aliphatic rings. The van der Waals surface area contributed by atoms with Crippen LogP contribution in [-0.4, -0.2) is 30.2 Å². The number of unbranched alkanes of at least 4 members (excludes halogenated alkanes) is 2. The van der Waals surface area contributed by atoms with Crippen LogP contribution < -0.4 is 4.90 Å². The molecule has 0 amide bonds. The smallest absolute Gasteiger partial charge is 0.274 e. The molecule has 1 N–H and O–H groups in total. The van der Waals surface area contributed by atoms with Gasteiger partial charge in [0.05, 0.1) is 4.92 Å². The van der Waals surface area contributed by atoms with Crippen molar-refractivity contribution in [1.29, 1.82) is 0 Å². The summed E-state index contributed by atoms with van der Waals surface area (Å²) in [7, 11) is 1.92. The second-order valence-corrected chi connectivity index (χ2v) is 4.43. The number of hydrogen-bond donors (Lipinski definition) is 1. The van der Waals surface area contributed by atoms with Gasteiger partial charge in [0, 0.05) is 37.5 Å². The van der Waals surface area contributed by atoms with E-state index in [9.17, 15) is 10.1 Å². The summed E-state index contributed by atoms with van der Waals surface area (Å²) in [5.41, 5.74) is 1.70. The monoisotopic (exact) mass is 252 g/mol. The lowest BCUT2D eigenvalue weighted by atomic mass is 10.1. The van der Waals surface area contributed by atoms with E-state index in [1.807, 2.05) is 18.0 Å². The lowest BCUT2D eigenvalue weighted by molar-refractivity contribution is -0.385. The first-order valence-electron chi connectivity index (χ1n) is 6.13. The van der Waals surface area contributed by atoms with Gasteiger partial charge in [0.1, 0.15) is 0 Å². The zero-order chi connectivity index (χ0) is 13.5. The Morgan fingerprint density at radius 1 is 1.33 bits per heavy atom. The summed E-state index contributed by atoms with van der Waals surface area (Å²) < 4.78 is 0. The molecule has 0 aliphatic carbocycles. The summed E-state index contributed by atoms with van der Waals surface area (Å²) in [6.45, 7) is 2.79. The van der Waals surface area contributed by atoms with Crippen molar-refractivity contribution in [2.45, 2.75) is 26.2 Å². The summed E-state index contributed by atoms with van der Waals surface area (Å²) in [5.74, 6) is 0. The fraction of sp³-hybridized carbons (Fsp3) is 0.538. The molecule has 0 atom stereocenters. The first kappa shape index (κ1) is 14.4. The maximum absolute atomic E-state index is 10.9. The Labute approximate surface area is 107 Å². The highest BCUT2D eigenvalue weighted by molar-refractivity contribution is 5.56. The predicted molar refractivity (Wildman–Crippen MR) is 72.0 cm³/mol. The van der Waals surface area contributed by atoms with Gasteiger partial charge in [0.2, 0.25) is 0 Å². The summed E-state index contributed by atoms with van der Waals surface area (Å²) in [5, 5.41) is 19.5. The molecular formula is C13H20N2O3. The van der Waals surface area contributed by atoms with Crippen LogP contribution >= 0.6 is 0 Å². The van der Waals surface area contributed by atoms with Crippen molar-refractivity contribution in [2.75, 3.05) is 25.1 Å². The van der Waals surface area contributed by atoms with Crippen LogP contribution in [0.3, 0.4) is 0 Å².